The van der Waals surface area contributed by atoms with Crippen LogP contribution in [0.25, 0.3) is 0 Å². The van der Waals surface area contributed by atoms with Crippen LogP contribution in [0.4, 0.5) is 5.69 Å². The largest absolute Gasteiger partial charge is 0.367 e. The lowest BCUT2D eigenvalue weighted by molar-refractivity contribution is 0.592. The summed E-state index contributed by atoms with van der Waals surface area (Å²) in [6.45, 7) is 9.83. The van der Waals surface area contributed by atoms with Gasteiger partial charge in [-0.3, -0.25) is 0 Å². The summed E-state index contributed by atoms with van der Waals surface area (Å²) in [6, 6.07) is 6.82. The Hall–Kier alpha value is -0.730. The van der Waals surface area contributed by atoms with E-state index in [4.69, 9.17) is 17.3 Å². The molecule has 0 spiro atoms. The number of hydrogen-bond acceptors (Lipinski definition) is 2. The quantitative estimate of drug-likeness (QED) is 0.757. The van der Waals surface area contributed by atoms with Gasteiger partial charge in [0.1, 0.15) is 0 Å². The molecule has 0 saturated heterocycles. The zero-order chi connectivity index (χ0) is 15.1. The van der Waals surface area contributed by atoms with E-state index in [2.05, 4.69) is 31.7 Å². The Labute approximate surface area is 129 Å². The highest BCUT2D eigenvalue weighted by Gasteiger charge is 2.19. The molecule has 2 N–H and O–H groups in total. The first-order valence-corrected chi connectivity index (χ1v) is 8.18. The fourth-order valence-electron chi connectivity index (χ4n) is 2.49. The van der Waals surface area contributed by atoms with Gasteiger partial charge >= 0.3 is 0 Å². The van der Waals surface area contributed by atoms with Crippen LogP contribution in [0.5, 0.6) is 0 Å². The van der Waals surface area contributed by atoms with Gasteiger partial charge in [0.25, 0.3) is 0 Å². The maximum atomic E-state index is 6.51. The van der Waals surface area contributed by atoms with E-state index in [9.17, 15) is 0 Å². The molecule has 0 bridgehead atoms. The predicted octanol–water partition coefficient (Wildman–Crippen LogP) is 4.63. The van der Waals surface area contributed by atoms with Gasteiger partial charge < -0.3 is 10.6 Å². The minimum absolute atomic E-state index is 0.150. The van der Waals surface area contributed by atoms with Crippen LogP contribution < -0.4 is 10.6 Å². The molecule has 0 aliphatic heterocycles. The molecule has 1 aromatic carbocycles. The zero-order valence-corrected chi connectivity index (χ0v) is 14.1. The fraction of sp³-hybridized carbons (Fsp3) is 0.647. The number of halogens is 1. The van der Waals surface area contributed by atoms with Gasteiger partial charge in [0, 0.05) is 18.6 Å². The molecule has 0 radical (unpaired) electrons. The van der Waals surface area contributed by atoms with Crippen LogP contribution >= 0.6 is 11.6 Å². The number of rotatable bonds is 8. The molecule has 0 amide bonds. The number of anilines is 1. The van der Waals surface area contributed by atoms with E-state index in [1.807, 2.05) is 19.1 Å². The Bertz CT molecular complexity index is 404. The minimum atomic E-state index is 0.150. The Morgan fingerprint density at radius 3 is 2.50 bits per heavy atom. The fourth-order valence-corrected chi connectivity index (χ4v) is 2.80. The third kappa shape index (κ3) is 4.68. The molecule has 0 aliphatic carbocycles. The molecule has 2 atom stereocenters. The van der Waals surface area contributed by atoms with E-state index in [1.165, 1.54) is 24.1 Å². The molecule has 0 aliphatic rings. The van der Waals surface area contributed by atoms with Gasteiger partial charge in [0.2, 0.25) is 0 Å². The van der Waals surface area contributed by atoms with Gasteiger partial charge in [-0.1, -0.05) is 44.0 Å². The van der Waals surface area contributed by atoms with Crippen molar-refractivity contribution in [1.29, 1.82) is 0 Å². The number of hydrogen-bond donors (Lipinski definition) is 1. The predicted molar refractivity (Wildman–Crippen MR) is 90.8 cm³/mol. The van der Waals surface area contributed by atoms with E-state index in [1.54, 1.807) is 0 Å². The van der Waals surface area contributed by atoms with Crippen molar-refractivity contribution in [2.24, 2.45) is 5.73 Å². The topological polar surface area (TPSA) is 29.3 Å². The van der Waals surface area contributed by atoms with E-state index < -0.39 is 0 Å². The highest BCUT2D eigenvalue weighted by atomic mass is 35.5. The molecule has 0 aromatic heterocycles. The van der Waals surface area contributed by atoms with E-state index in [0.717, 1.165) is 24.4 Å². The zero-order valence-electron chi connectivity index (χ0n) is 13.3. The van der Waals surface area contributed by atoms with Crippen molar-refractivity contribution < 1.29 is 0 Å². The molecular formula is C17H29ClN2. The highest BCUT2D eigenvalue weighted by molar-refractivity contribution is 6.33. The Balaban J connectivity index is 3.15. The summed E-state index contributed by atoms with van der Waals surface area (Å²) in [5.41, 5.74) is 8.45. The molecule has 0 heterocycles. The van der Waals surface area contributed by atoms with Crippen molar-refractivity contribution in [3.8, 4) is 0 Å². The van der Waals surface area contributed by atoms with Crippen LogP contribution in [0.15, 0.2) is 18.2 Å². The lowest BCUT2D eigenvalue weighted by atomic mass is 10.0. The molecule has 0 saturated carbocycles. The summed E-state index contributed by atoms with van der Waals surface area (Å²) >= 11 is 6.51. The summed E-state index contributed by atoms with van der Waals surface area (Å²) < 4.78 is 0. The standard InChI is InChI=1S/C17H29ClN2/c1-5-7-11-20(14(4)6-2)17-15(12-13(3)19)9-8-10-16(17)18/h8-10,13-14H,5-7,11-12,19H2,1-4H3. The monoisotopic (exact) mass is 296 g/mol. The smallest absolute Gasteiger partial charge is 0.0642 e. The maximum absolute atomic E-state index is 6.51. The van der Waals surface area contributed by atoms with E-state index >= 15 is 0 Å². The van der Waals surface area contributed by atoms with E-state index in [-0.39, 0.29) is 6.04 Å². The second-order valence-electron chi connectivity index (χ2n) is 5.73. The first-order valence-electron chi connectivity index (χ1n) is 7.80. The van der Waals surface area contributed by atoms with Gasteiger partial charge in [-0.05, 0) is 44.7 Å². The Morgan fingerprint density at radius 1 is 1.25 bits per heavy atom. The normalized spacial score (nSPS) is 14.1. The average molecular weight is 297 g/mol. The number of unbranched alkanes of at least 4 members (excludes halogenated alkanes) is 1. The van der Waals surface area contributed by atoms with Crippen LogP contribution in [0.1, 0.15) is 52.5 Å². The molecule has 1 rings (SSSR count). The Kier molecular flexibility index (Phi) is 7.39. The number of para-hydroxylation sites is 1. The van der Waals surface area contributed by atoms with Crippen molar-refractivity contribution in [1.82, 2.24) is 0 Å². The Morgan fingerprint density at radius 2 is 1.95 bits per heavy atom. The third-order valence-electron chi connectivity index (χ3n) is 3.77. The lowest BCUT2D eigenvalue weighted by Crippen LogP contribution is -2.35. The molecule has 20 heavy (non-hydrogen) atoms. The number of nitrogens with two attached hydrogens (primary N) is 1. The molecule has 2 nitrogen and oxygen atoms in total. The van der Waals surface area contributed by atoms with Crippen LogP contribution in [0, 0.1) is 0 Å². The number of nitrogens with zero attached hydrogens (tertiary/aromatic N) is 1. The van der Waals surface area contributed by atoms with Crippen molar-refractivity contribution in [3.63, 3.8) is 0 Å². The van der Waals surface area contributed by atoms with Gasteiger partial charge in [0.15, 0.2) is 0 Å². The second kappa shape index (κ2) is 8.53. The van der Waals surface area contributed by atoms with Crippen LogP contribution in [-0.2, 0) is 6.42 Å². The average Bonchev–Trinajstić information content (AvgIpc) is 2.40. The highest BCUT2D eigenvalue weighted by Crippen LogP contribution is 2.33. The summed E-state index contributed by atoms with van der Waals surface area (Å²) in [5.74, 6) is 0. The SMILES string of the molecule is CCCCN(c1c(Cl)cccc1CC(C)N)C(C)CC. The van der Waals surface area contributed by atoms with Crippen molar-refractivity contribution in [2.75, 3.05) is 11.4 Å². The molecule has 2 unspecified atom stereocenters. The first kappa shape index (κ1) is 17.3. The van der Waals surface area contributed by atoms with Gasteiger partial charge in [-0.15, -0.1) is 0 Å². The van der Waals surface area contributed by atoms with Crippen LogP contribution in [0.2, 0.25) is 5.02 Å². The maximum Gasteiger partial charge on any atom is 0.0642 e. The molecule has 3 heteroatoms. The minimum Gasteiger partial charge on any atom is -0.367 e. The summed E-state index contributed by atoms with van der Waals surface area (Å²) in [4.78, 5) is 2.46. The summed E-state index contributed by atoms with van der Waals surface area (Å²) in [5, 5.41) is 0.847. The van der Waals surface area contributed by atoms with Gasteiger partial charge in [0.05, 0.1) is 10.7 Å². The summed E-state index contributed by atoms with van der Waals surface area (Å²) in [6.07, 6.45) is 4.37. The van der Waals surface area contributed by atoms with Crippen molar-refractivity contribution in [3.05, 3.63) is 28.8 Å². The first-order chi connectivity index (χ1) is 9.51. The van der Waals surface area contributed by atoms with E-state index in [0.29, 0.717) is 6.04 Å². The molecule has 1 aromatic rings. The van der Waals surface area contributed by atoms with Gasteiger partial charge in [-0.2, -0.15) is 0 Å². The van der Waals surface area contributed by atoms with Crippen molar-refractivity contribution in [2.45, 2.75) is 65.5 Å². The molecule has 0 fully saturated rings. The third-order valence-corrected chi connectivity index (χ3v) is 4.08. The van der Waals surface area contributed by atoms with Crippen molar-refractivity contribution >= 4 is 17.3 Å². The summed E-state index contributed by atoms with van der Waals surface area (Å²) in [7, 11) is 0. The van der Waals surface area contributed by atoms with Crippen LogP contribution in [0.3, 0.4) is 0 Å². The number of benzene rings is 1. The lowest BCUT2D eigenvalue weighted by Gasteiger charge is -2.33. The van der Waals surface area contributed by atoms with Gasteiger partial charge in [-0.25, -0.2) is 0 Å². The molecular weight excluding hydrogens is 268 g/mol. The van der Waals surface area contributed by atoms with Crippen LogP contribution in [-0.4, -0.2) is 18.6 Å². The molecule has 114 valence electrons. The second-order valence-corrected chi connectivity index (χ2v) is 6.14.